The Kier molecular flexibility index (Phi) is 5.90. The number of aliphatic imine (C=N–C) groups is 1. The van der Waals surface area contributed by atoms with E-state index in [0.717, 1.165) is 19.8 Å². The van der Waals surface area contributed by atoms with Crippen LogP contribution in [-0.2, 0) is 0 Å². The highest BCUT2D eigenvalue weighted by Gasteiger charge is 2.08. The lowest BCUT2D eigenvalue weighted by molar-refractivity contribution is 0.344. The molecule has 0 amide bonds. The summed E-state index contributed by atoms with van der Waals surface area (Å²) >= 11 is 0. The summed E-state index contributed by atoms with van der Waals surface area (Å²) in [6, 6.07) is 0. The summed E-state index contributed by atoms with van der Waals surface area (Å²) in [5.74, 6) is 0. The maximum atomic E-state index is 4.25. The van der Waals surface area contributed by atoms with Crippen LogP contribution in [0.25, 0.3) is 0 Å². The molecule has 1 N–H and O–H groups in total. The SMILES string of the molecule is CCCCN(CCCC)C1=CNCN=C1. The molecule has 0 fully saturated rings. The molecule has 86 valence electrons. The molecule has 1 rings (SSSR count). The van der Waals surface area contributed by atoms with Crippen LogP contribution in [0, 0.1) is 0 Å². The average molecular weight is 209 g/mol. The average Bonchev–Trinajstić information content (AvgIpc) is 2.30. The first-order valence-electron chi connectivity index (χ1n) is 6.06. The lowest BCUT2D eigenvalue weighted by Gasteiger charge is -2.26. The van der Waals surface area contributed by atoms with Crippen molar-refractivity contribution in [1.82, 2.24) is 10.2 Å². The second-order valence-electron chi connectivity index (χ2n) is 3.94. The monoisotopic (exact) mass is 209 g/mol. The third kappa shape index (κ3) is 4.36. The van der Waals surface area contributed by atoms with Crippen LogP contribution in [0.4, 0.5) is 0 Å². The molecule has 0 aromatic carbocycles. The van der Waals surface area contributed by atoms with Gasteiger partial charge in [-0.25, -0.2) is 0 Å². The summed E-state index contributed by atoms with van der Waals surface area (Å²) in [7, 11) is 0. The van der Waals surface area contributed by atoms with E-state index in [0.29, 0.717) is 0 Å². The lowest BCUT2D eigenvalue weighted by atomic mass is 10.2. The standard InChI is InChI=1S/C12H23N3/c1-3-5-7-15(8-6-4-2)12-9-13-11-14-10-12/h9-10,13H,3-8,11H2,1-2H3. The van der Waals surface area contributed by atoms with Gasteiger partial charge in [-0.15, -0.1) is 0 Å². The van der Waals surface area contributed by atoms with Gasteiger partial charge in [-0.1, -0.05) is 26.7 Å². The number of rotatable bonds is 7. The number of allylic oxidation sites excluding steroid dienone is 1. The van der Waals surface area contributed by atoms with Gasteiger partial charge in [-0.05, 0) is 12.8 Å². The largest absolute Gasteiger partial charge is 0.371 e. The number of nitrogens with one attached hydrogen (secondary N) is 1. The summed E-state index contributed by atoms with van der Waals surface area (Å²) in [6.07, 6.45) is 9.09. The van der Waals surface area contributed by atoms with Gasteiger partial charge in [0.1, 0.15) is 6.67 Å². The van der Waals surface area contributed by atoms with Crippen LogP contribution in [0.3, 0.4) is 0 Å². The van der Waals surface area contributed by atoms with Crippen molar-refractivity contribution in [2.24, 2.45) is 4.99 Å². The maximum Gasteiger partial charge on any atom is 0.107 e. The molecule has 0 radical (unpaired) electrons. The summed E-state index contributed by atoms with van der Waals surface area (Å²) in [4.78, 5) is 6.68. The van der Waals surface area contributed by atoms with Crippen LogP contribution in [0.15, 0.2) is 16.9 Å². The Morgan fingerprint density at radius 2 is 1.93 bits per heavy atom. The van der Waals surface area contributed by atoms with Crippen molar-refractivity contribution >= 4 is 6.21 Å². The molecule has 3 heteroatoms. The number of unbranched alkanes of at least 4 members (excludes halogenated alkanes) is 2. The van der Waals surface area contributed by atoms with Crippen molar-refractivity contribution in [3.63, 3.8) is 0 Å². The number of hydrogen-bond donors (Lipinski definition) is 1. The van der Waals surface area contributed by atoms with E-state index in [1.807, 2.05) is 6.21 Å². The van der Waals surface area contributed by atoms with Gasteiger partial charge in [-0.2, -0.15) is 0 Å². The highest BCUT2D eigenvalue weighted by molar-refractivity contribution is 5.78. The minimum atomic E-state index is 0.721. The lowest BCUT2D eigenvalue weighted by Crippen LogP contribution is -2.29. The normalized spacial score (nSPS) is 14.7. The fourth-order valence-electron chi connectivity index (χ4n) is 1.62. The van der Waals surface area contributed by atoms with E-state index >= 15 is 0 Å². The summed E-state index contributed by atoms with van der Waals surface area (Å²) in [6.45, 7) is 7.49. The maximum absolute atomic E-state index is 4.25. The zero-order valence-electron chi connectivity index (χ0n) is 10.00. The van der Waals surface area contributed by atoms with Crippen molar-refractivity contribution in [1.29, 1.82) is 0 Å². The van der Waals surface area contributed by atoms with E-state index in [9.17, 15) is 0 Å². The highest BCUT2D eigenvalue weighted by Crippen LogP contribution is 2.07. The fraction of sp³-hybridized carbons (Fsp3) is 0.750. The molecule has 0 bridgehead atoms. The van der Waals surface area contributed by atoms with Gasteiger partial charge in [0, 0.05) is 25.5 Å². The Bertz CT molecular complexity index is 213. The molecule has 0 aliphatic carbocycles. The minimum absolute atomic E-state index is 0.721. The van der Waals surface area contributed by atoms with Gasteiger partial charge < -0.3 is 10.2 Å². The zero-order chi connectivity index (χ0) is 10.9. The van der Waals surface area contributed by atoms with Crippen LogP contribution >= 0.6 is 0 Å². The van der Waals surface area contributed by atoms with Crippen LogP contribution in [0.5, 0.6) is 0 Å². The van der Waals surface area contributed by atoms with Crippen LogP contribution in [0.2, 0.25) is 0 Å². The Hall–Kier alpha value is -0.990. The molecule has 1 aliphatic rings. The van der Waals surface area contributed by atoms with Gasteiger partial charge >= 0.3 is 0 Å². The van der Waals surface area contributed by atoms with Crippen LogP contribution < -0.4 is 5.32 Å². The number of hydrogen-bond acceptors (Lipinski definition) is 3. The third-order valence-corrected chi connectivity index (χ3v) is 2.58. The summed E-state index contributed by atoms with van der Waals surface area (Å²) < 4.78 is 0. The predicted molar refractivity (Wildman–Crippen MR) is 66.0 cm³/mol. The van der Waals surface area contributed by atoms with Crippen LogP contribution in [-0.4, -0.2) is 30.9 Å². The molecule has 0 saturated heterocycles. The Morgan fingerprint density at radius 3 is 2.40 bits per heavy atom. The van der Waals surface area contributed by atoms with E-state index in [2.05, 4.69) is 35.3 Å². The van der Waals surface area contributed by atoms with E-state index in [1.165, 1.54) is 31.4 Å². The number of nitrogens with zero attached hydrogens (tertiary/aromatic N) is 2. The van der Waals surface area contributed by atoms with Crippen molar-refractivity contribution in [2.75, 3.05) is 19.8 Å². The van der Waals surface area contributed by atoms with Crippen molar-refractivity contribution in [3.8, 4) is 0 Å². The summed E-state index contributed by atoms with van der Waals surface area (Å²) in [5, 5.41) is 3.17. The topological polar surface area (TPSA) is 27.6 Å². The van der Waals surface area contributed by atoms with Crippen molar-refractivity contribution < 1.29 is 0 Å². The first-order chi connectivity index (χ1) is 7.38. The zero-order valence-corrected chi connectivity index (χ0v) is 10.00. The fourth-order valence-corrected chi connectivity index (χ4v) is 1.62. The second-order valence-corrected chi connectivity index (χ2v) is 3.94. The van der Waals surface area contributed by atoms with E-state index in [4.69, 9.17) is 0 Å². The quantitative estimate of drug-likeness (QED) is 0.697. The molecular formula is C12H23N3. The van der Waals surface area contributed by atoms with Crippen molar-refractivity contribution in [3.05, 3.63) is 11.9 Å². The van der Waals surface area contributed by atoms with Crippen molar-refractivity contribution in [2.45, 2.75) is 39.5 Å². The molecule has 0 saturated carbocycles. The molecule has 1 heterocycles. The van der Waals surface area contributed by atoms with Crippen LogP contribution in [0.1, 0.15) is 39.5 Å². The first-order valence-corrected chi connectivity index (χ1v) is 6.06. The summed E-state index contributed by atoms with van der Waals surface area (Å²) in [5.41, 5.74) is 1.24. The molecule has 0 unspecified atom stereocenters. The van der Waals surface area contributed by atoms with E-state index < -0.39 is 0 Å². The molecule has 15 heavy (non-hydrogen) atoms. The Balaban J connectivity index is 2.46. The van der Waals surface area contributed by atoms with Gasteiger partial charge in [0.2, 0.25) is 0 Å². The molecule has 0 aromatic heterocycles. The molecule has 0 atom stereocenters. The minimum Gasteiger partial charge on any atom is -0.371 e. The van der Waals surface area contributed by atoms with E-state index in [1.54, 1.807) is 0 Å². The van der Waals surface area contributed by atoms with E-state index in [-0.39, 0.29) is 0 Å². The smallest absolute Gasteiger partial charge is 0.107 e. The molecule has 3 nitrogen and oxygen atoms in total. The molecular weight excluding hydrogens is 186 g/mol. The molecule has 0 spiro atoms. The van der Waals surface area contributed by atoms with Gasteiger partial charge in [0.05, 0.1) is 5.70 Å². The van der Waals surface area contributed by atoms with Gasteiger partial charge in [0.15, 0.2) is 0 Å². The Morgan fingerprint density at radius 1 is 1.27 bits per heavy atom. The van der Waals surface area contributed by atoms with Gasteiger partial charge in [0.25, 0.3) is 0 Å². The first kappa shape index (κ1) is 12.1. The predicted octanol–water partition coefficient (Wildman–Crippen LogP) is 2.36. The molecule has 1 aliphatic heterocycles. The second kappa shape index (κ2) is 7.32. The Labute approximate surface area is 93.3 Å². The highest BCUT2D eigenvalue weighted by atomic mass is 15.2. The third-order valence-electron chi connectivity index (χ3n) is 2.58. The molecule has 0 aromatic rings. The van der Waals surface area contributed by atoms with Gasteiger partial charge in [-0.3, -0.25) is 4.99 Å².